The maximum Gasteiger partial charge on any atom is 0.203 e. The molecule has 2 rings (SSSR count). The highest BCUT2D eigenvalue weighted by Gasteiger charge is 2.16. The standard InChI is InChI=1S/C13H23N3OS/c1-11-9-16(10-12-5-3-4-8-18-12)13(15-11)14-6-7-17-2/h9,12H,3-8,10H2,1-2H3,(H,14,15). The van der Waals surface area contributed by atoms with E-state index in [1.54, 1.807) is 7.11 Å². The van der Waals surface area contributed by atoms with Crippen LogP contribution >= 0.6 is 11.8 Å². The van der Waals surface area contributed by atoms with Crippen LogP contribution < -0.4 is 5.32 Å². The fourth-order valence-corrected chi connectivity index (χ4v) is 3.57. The highest BCUT2D eigenvalue weighted by atomic mass is 32.2. The van der Waals surface area contributed by atoms with Gasteiger partial charge in [-0.05, 0) is 25.5 Å². The lowest BCUT2D eigenvalue weighted by atomic mass is 10.2. The summed E-state index contributed by atoms with van der Waals surface area (Å²) in [5, 5.41) is 4.09. The number of methoxy groups -OCH3 is 1. The van der Waals surface area contributed by atoms with E-state index in [-0.39, 0.29) is 0 Å². The lowest BCUT2D eigenvalue weighted by Crippen LogP contribution is -2.19. The average Bonchev–Trinajstić information content (AvgIpc) is 2.71. The van der Waals surface area contributed by atoms with Crippen LogP contribution in [0.3, 0.4) is 0 Å². The predicted octanol–water partition coefficient (Wildman–Crippen LogP) is 2.54. The summed E-state index contributed by atoms with van der Waals surface area (Å²) >= 11 is 2.10. The fourth-order valence-electron chi connectivity index (χ4n) is 2.26. The molecule has 0 bridgehead atoms. The van der Waals surface area contributed by atoms with Crippen LogP contribution in [-0.4, -0.2) is 40.8 Å². The first-order chi connectivity index (χ1) is 8.79. The van der Waals surface area contributed by atoms with Crippen molar-refractivity contribution in [2.24, 2.45) is 0 Å². The minimum Gasteiger partial charge on any atom is -0.383 e. The molecule has 1 unspecified atom stereocenters. The van der Waals surface area contributed by atoms with Gasteiger partial charge in [-0.25, -0.2) is 4.98 Å². The Bertz CT molecular complexity index is 361. The molecule has 5 heteroatoms. The Labute approximate surface area is 114 Å². The van der Waals surface area contributed by atoms with Crippen molar-refractivity contribution in [1.82, 2.24) is 9.55 Å². The summed E-state index contributed by atoms with van der Waals surface area (Å²) in [6.45, 7) is 4.64. The molecule has 1 aromatic rings. The number of ether oxygens (including phenoxy) is 1. The average molecular weight is 269 g/mol. The van der Waals surface area contributed by atoms with E-state index in [1.165, 1.54) is 25.0 Å². The summed E-state index contributed by atoms with van der Waals surface area (Å²) in [5.74, 6) is 2.29. The largest absolute Gasteiger partial charge is 0.383 e. The molecule has 1 aromatic heterocycles. The van der Waals surface area contributed by atoms with Crippen LogP contribution in [0.5, 0.6) is 0 Å². The molecular formula is C13H23N3OS. The third kappa shape index (κ3) is 3.92. The number of aromatic nitrogens is 2. The first-order valence-corrected chi connectivity index (χ1v) is 7.72. The van der Waals surface area contributed by atoms with E-state index in [9.17, 15) is 0 Å². The van der Waals surface area contributed by atoms with Crippen molar-refractivity contribution < 1.29 is 4.74 Å². The molecule has 1 aliphatic heterocycles. The monoisotopic (exact) mass is 269 g/mol. The van der Waals surface area contributed by atoms with E-state index in [0.717, 1.165) is 30.0 Å². The Kier molecular flexibility index (Phi) is 5.38. The van der Waals surface area contributed by atoms with Crippen LogP contribution in [0.2, 0.25) is 0 Å². The van der Waals surface area contributed by atoms with Gasteiger partial charge in [0.15, 0.2) is 0 Å². The minimum atomic E-state index is 0.712. The van der Waals surface area contributed by atoms with E-state index >= 15 is 0 Å². The van der Waals surface area contributed by atoms with Crippen molar-refractivity contribution in [3.8, 4) is 0 Å². The molecule has 0 amide bonds. The summed E-state index contributed by atoms with van der Waals surface area (Å²) in [4.78, 5) is 4.53. The van der Waals surface area contributed by atoms with Crippen LogP contribution in [0.15, 0.2) is 6.20 Å². The second kappa shape index (κ2) is 7.04. The molecule has 2 heterocycles. The van der Waals surface area contributed by atoms with Gasteiger partial charge in [0.1, 0.15) is 0 Å². The van der Waals surface area contributed by atoms with Crippen molar-refractivity contribution in [1.29, 1.82) is 0 Å². The van der Waals surface area contributed by atoms with Gasteiger partial charge in [0.2, 0.25) is 5.95 Å². The van der Waals surface area contributed by atoms with Crippen molar-refractivity contribution in [3.05, 3.63) is 11.9 Å². The van der Waals surface area contributed by atoms with Gasteiger partial charge in [-0.2, -0.15) is 11.8 Å². The fraction of sp³-hybridized carbons (Fsp3) is 0.769. The minimum absolute atomic E-state index is 0.712. The zero-order chi connectivity index (χ0) is 12.8. The van der Waals surface area contributed by atoms with Crippen molar-refractivity contribution >= 4 is 17.7 Å². The molecule has 0 saturated carbocycles. The zero-order valence-corrected chi connectivity index (χ0v) is 12.1. The van der Waals surface area contributed by atoms with Gasteiger partial charge < -0.3 is 14.6 Å². The predicted molar refractivity (Wildman–Crippen MR) is 77.4 cm³/mol. The lowest BCUT2D eigenvalue weighted by molar-refractivity contribution is 0.210. The van der Waals surface area contributed by atoms with E-state index < -0.39 is 0 Å². The van der Waals surface area contributed by atoms with Crippen LogP contribution in [-0.2, 0) is 11.3 Å². The molecule has 0 radical (unpaired) electrons. The number of hydrogen-bond donors (Lipinski definition) is 1. The van der Waals surface area contributed by atoms with Gasteiger partial charge >= 0.3 is 0 Å². The topological polar surface area (TPSA) is 39.1 Å². The number of aryl methyl sites for hydroxylation is 1. The Morgan fingerprint density at radius 1 is 1.56 bits per heavy atom. The summed E-state index contributed by atoms with van der Waals surface area (Å²) in [5.41, 5.74) is 1.08. The smallest absolute Gasteiger partial charge is 0.203 e. The number of thioether (sulfide) groups is 1. The molecule has 0 aromatic carbocycles. The van der Waals surface area contributed by atoms with Gasteiger partial charge in [-0.1, -0.05) is 6.42 Å². The number of imidazole rings is 1. The molecule has 1 fully saturated rings. The Balaban J connectivity index is 1.93. The van der Waals surface area contributed by atoms with Crippen LogP contribution in [0.1, 0.15) is 25.0 Å². The van der Waals surface area contributed by atoms with Gasteiger partial charge in [-0.15, -0.1) is 0 Å². The Morgan fingerprint density at radius 3 is 3.17 bits per heavy atom. The van der Waals surface area contributed by atoms with E-state index in [0.29, 0.717) is 6.61 Å². The maximum atomic E-state index is 5.06. The van der Waals surface area contributed by atoms with Crippen molar-refractivity contribution in [3.63, 3.8) is 0 Å². The number of nitrogens with one attached hydrogen (secondary N) is 1. The number of nitrogens with zero attached hydrogens (tertiary/aromatic N) is 2. The third-order valence-electron chi connectivity index (χ3n) is 3.16. The van der Waals surface area contributed by atoms with Gasteiger partial charge in [0.25, 0.3) is 0 Å². The van der Waals surface area contributed by atoms with Crippen LogP contribution in [0, 0.1) is 6.92 Å². The molecular weight excluding hydrogens is 246 g/mol. The second-order valence-corrected chi connectivity index (χ2v) is 6.17. The SMILES string of the molecule is COCCNc1nc(C)cn1CC1CCCCS1. The first kappa shape index (κ1) is 13.7. The maximum absolute atomic E-state index is 5.06. The highest BCUT2D eigenvalue weighted by molar-refractivity contribution is 7.99. The number of anilines is 1. The molecule has 0 aliphatic carbocycles. The van der Waals surface area contributed by atoms with Crippen molar-refractivity contribution in [2.45, 2.75) is 38.0 Å². The molecule has 18 heavy (non-hydrogen) atoms. The molecule has 1 saturated heterocycles. The summed E-state index contributed by atoms with van der Waals surface area (Å²) in [7, 11) is 1.72. The van der Waals surface area contributed by atoms with E-state index in [1.807, 2.05) is 6.92 Å². The molecule has 0 spiro atoms. The lowest BCUT2D eigenvalue weighted by Gasteiger charge is -2.22. The Hall–Kier alpha value is -0.680. The molecule has 1 atom stereocenters. The molecule has 1 N–H and O–H groups in total. The third-order valence-corrected chi connectivity index (χ3v) is 4.54. The molecule has 1 aliphatic rings. The van der Waals surface area contributed by atoms with Gasteiger partial charge in [0, 0.05) is 31.6 Å². The van der Waals surface area contributed by atoms with Gasteiger partial charge in [0.05, 0.1) is 12.3 Å². The summed E-state index contributed by atoms with van der Waals surface area (Å²) in [6.07, 6.45) is 6.23. The highest BCUT2D eigenvalue weighted by Crippen LogP contribution is 2.27. The number of hydrogen-bond acceptors (Lipinski definition) is 4. The van der Waals surface area contributed by atoms with Gasteiger partial charge in [-0.3, -0.25) is 0 Å². The normalized spacial score (nSPS) is 20.0. The van der Waals surface area contributed by atoms with E-state index in [2.05, 4.69) is 32.8 Å². The quantitative estimate of drug-likeness (QED) is 0.806. The summed E-state index contributed by atoms with van der Waals surface area (Å²) in [6, 6.07) is 0. The second-order valence-electron chi connectivity index (χ2n) is 4.77. The van der Waals surface area contributed by atoms with Crippen molar-refractivity contribution in [2.75, 3.05) is 31.3 Å². The summed E-state index contributed by atoms with van der Waals surface area (Å²) < 4.78 is 7.31. The van der Waals surface area contributed by atoms with Crippen LogP contribution in [0.4, 0.5) is 5.95 Å². The first-order valence-electron chi connectivity index (χ1n) is 6.68. The van der Waals surface area contributed by atoms with E-state index in [4.69, 9.17) is 4.74 Å². The van der Waals surface area contributed by atoms with Crippen LogP contribution in [0.25, 0.3) is 0 Å². The molecule has 4 nitrogen and oxygen atoms in total. The zero-order valence-electron chi connectivity index (χ0n) is 11.3. The molecule has 102 valence electrons. The number of rotatable bonds is 6. The Morgan fingerprint density at radius 2 is 2.44 bits per heavy atom.